The SMILES string of the molecule is C/C(Nc1cnn(CCC(C)(C)O)c1)=C1\C=C(c2cnccc2C)NN1. The van der Waals surface area contributed by atoms with Crippen molar-refractivity contribution >= 4 is 11.4 Å². The monoisotopic (exact) mass is 354 g/mol. The van der Waals surface area contributed by atoms with E-state index in [1.54, 1.807) is 26.2 Å². The Bertz CT molecular complexity index is 844. The van der Waals surface area contributed by atoms with E-state index in [1.165, 1.54) is 5.56 Å². The van der Waals surface area contributed by atoms with Crippen molar-refractivity contribution in [3.05, 3.63) is 59.5 Å². The number of anilines is 1. The van der Waals surface area contributed by atoms with Crippen LogP contribution in [0.2, 0.25) is 0 Å². The first kappa shape index (κ1) is 18.0. The van der Waals surface area contributed by atoms with E-state index in [1.807, 2.05) is 30.1 Å². The van der Waals surface area contributed by atoms with Gasteiger partial charge in [0.05, 0.1) is 28.9 Å². The van der Waals surface area contributed by atoms with E-state index in [9.17, 15) is 5.11 Å². The van der Waals surface area contributed by atoms with Gasteiger partial charge in [0.15, 0.2) is 0 Å². The van der Waals surface area contributed by atoms with Crippen molar-refractivity contribution < 1.29 is 5.11 Å². The second-order valence-electron chi connectivity index (χ2n) is 7.22. The molecule has 0 atom stereocenters. The lowest BCUT2D eigenvalue weighted by Crippen LogP contribution is -2.24. The predicted molar refractivity (Wildman–Crippen MR) is 103 cm³/mol. The molecule has 0 saturated heterocycles. The molecule has 26 heavy (non-hydrogen) atoms. The highest BCUT2D eigenvalue weighted by molar-refractivity contribution is 5.71. The van der Waals surface area contributed by atoms with Crippen LogP contribution in [0.3, 0.4) is 0 Å². The fourth-order valence-electron chi connectivity index (χ4n) is 2.67. The normalized spacial score (nSPS) is 16.0. The molecule has 0 bridgehead atoms. The summed E-state index contributed by atoms with van der Waals surface area (Å²) in [6.07, 6.45) is 10.1. The number of aromatic nitrogens is 3. The third-order valence-corrected chi connectivity index (χ3v) is 4.27. The van der Waals surface area contributed by atoms with Crippen LogP contribution < -0.4 is 16.2 Å². The summed E-state index contributed by atoms with van der Waals surface area (Å²) in [7, 11) is 0. The summed E-state index contributed by atoms with van der Waals surface area (Å²) in [4.78, 5) is 4.20. The number of allylic oxidation sites excluding steroid dienone is 2. The van der Waals surface area contributed by atoms with Crippen LogP contribution >= 0.6 is 0 Å². The Morgan fingerprint density at radius 3 is 2.85 bits per heavy atom. The van der Waals surface area contributed by atoms with Crippen LogP contribution in [0.15, 0.2) is 48.3 Å². The number of aliphatic hydroxyl groups is 1. The van der Waals surface area contributed by atoms with Crippen molar-refractivity contribution in [2.24, 2.45) is 0 Å². The van der Waals surface area contributed by atoms with E-state index in [2.05, 4.69) is 39.3 Å². The molecule has 0 aromatic carbocycles. The molecule has 0 saturated carbocycles. The third kappa shape index (κ3) is 4.43. The average molecular weight is 354 g/mol. The maximum atomic E-state index is 9.82. The minimum Gasteiger partial charge on any atom is -0.390 e. The molecule has 0 unspecified atom stereocenters. The Labute approximate surface area is 153 Å². The van der Waals surface area contributed by atoms with Gasteiger partial charge in [0, 0.05) is 36.4 Å². The highest BCUT2D eigenvalue weighted by Gasteiger charge is 2.15. The highest BCUT2D eigenvalue weighted by atomic mass is 16.3. The number of aryl methyl sites for hydroxylation is 2. The predicted octanol–water partition coefficient (Wildman–Crippen LogP) is 2.54. The molecule has 7 heteroatoms. The lowest BCUT2D eigenvalue weighted by atomic mass is 10.1. The van der Waals surface area contributed by atoms with E-state index in [4.69, 9.17) is 0 Å². The van der Waals surface area contributed by atoms with Crippen molar-refractivity contribution in [3.63, 3.8) is 0 Å². The number of hydrogen-bond acceptors (Lipinski definition) is 6. The standard InChI is InChI=1S/C19H26N6O/c1-13-5-7-20-11-16(13)18-9-17(23-24-18)14(2)22-15-10-21-25(12-15)8-6-19(3,4)26/h5,7,9-12,22-24,26H,6,8H2,1-4H3/b17-14-. The van der Waals surface area contributed by atoms with Crippen LogP contribution in [0.4, 0.5) is 5.69 Å². The molecule has 7 nitrogen and oxygen atoms in total. The number of rotatable bonds is 6. The van der Waals surface area contributed by atoms with Gasteiger partial charge in [-0.3, -0.25) is 15.1 Å². The van der Waals surface area contributed by atoms with Crippen LogP contribution in [-0.4, -0.2) is 25.5 Å². The summed E-state index contributed by atoms with van der Waals surface area (Å²) in [5, 5.41) is 17.5. The Morgan fingerprint density at radius 1 is 1.31 bits per heavy atom. The summed E-state index contributed by atoms with van der Waals surface area (Å²) in [5.74, 6) is 0. The first-order valence-electron chi connectivity index (χ1n) is 8.69. The molecular formula is C19H26N6O. The zero-order valence-electron chi connectivity index (χ0n) is 15.7. The van der Waals surface area contributed by atoms with Gasteiger partial charge in [-0.05, 0) is 51.8 Å². The van der Waals surface area contributed by atoms with Crippen molar-refractivity contribution in [3.8, 4) is 0 Å². The molecule has 0 spiro atoms. The van der Waals surface area contributed by atoms with E-state index in [-0.39, 0.29) is 0 Å². The fourth-order valence-corrected chi connectivity index (χ4v) is 2.67. The van der Waals surface area contributed by atoms with E-state index >= 15 is 0 Å². The molecule has 0 amide bonds. The fraction of sp³-hybridized carbons (Fsp3) is 0.368. The summed E-state index contributed by atoms with van der Waals surface area (Å²) < 4.78 is 1.83. The molecule has 138 valence electrons. The molecule has 0 radical (unpaired) electrons. The number of pyridine rings is 1. The van der Waals surface area contributed by atoms with Crippen LogP contribution in [0, 0.1) is 6.92 Å². The second kappa shape index (κ2) is 7.21. The lowest BCUT2D eigenvalue weighted by molar-refractivity contribution is 0.0651. The molecule has 0 aliphatic carbocycles. The first-order valence-corrected chi connectivity index (χ1v) is 8.69. The highest BCUT2D eigenvalue weighted by Crippen LogP contribution is 2.21. The first-order chi connectivity index (χ1) is 12.3. The number of hydrazine groups is 1. The Kier molecular flexibility index (Phi) is 4.99. The van der Waals surface area contributed by atoms with Gasteiger partial charge in [-0.1, -0.05) is 0 Å². The molecule has 4 N–H and O–H groups in total. The molecule has 1 aliphatic rings. The van der Waals surface area contributed by atoms with Crippen molar-refractivity contribution in [2.45, 2.75) is 46.3 Å². The summed E-state index contributed by atoms with van der Waals surface area (Å²) in [6, 6.07) is 1.99. The van der Waals surface area contributed by atoms with E-state index < -0.39 is 5.60 Å². The number of nitrogens with zero attached hydrogens (tertiary/aromatic N) is 3. The van der Waals surface area contributed by atoms with Gasteiger partial charge in [0.1, 0.15) is 0 Å². The molecule has 1 aliphatic heterocycles. The number of nitrogens with one attached hydrogen (secondary N) is 3. The Balaban J connectivity index is 1.69. The van der Waals surface area contributed by atoms with Crippen LogP contribution in [0.5, 0.6) is 0 Å². The van der Waals surface area contributed by atoms with Crippen molar-refractivity contribution in [2.75, 3.05) is 5.32 Å². The molecule has 0 fully saturated rings. The number of hydrogen-bond donors (Lipinski definition) is 4. The lowest BCUT2D eigenvalue weighted by Gasteiger charge is -2.16. The topological polar surface area (TPSA) is 87.0 Å². The van der Waals surface area contributed by atoms with Gasteiger partial charge in [-0.2, -0.15) is 5.10 Å². The minimum absolute atomic E-state index is 0.649. The average Bonchev–Trinajstić information content (AvgIpc) is 3.22. The van der Waals surface area contributed by atoms with Crippen LogP contribution in [0.1, 0.15) is 38.3 Å². The third-order valence-electron chi connectivity index (χ3n) is 4.27. The maximum Gasteiger partial charge on any atom is 0.0768 e. The van der Waals surface area contributed by atoms with Gasteiger partial charge < -0.3 is 15.8 Å². The molecule has 2 aromatic heterocycles. The Hall–Kier alpha value is -2.80. The summed E-state index contributed by atoms with van der Waals surface area (Å²) in [5.41, 5.74) is 11.8. The molecular weight excluding hydrogens is 328 g/mol. The van der Waals surface area contributed by atoms with E-state index in [0.717, 1.165) is 28.3 Å². The van der Waals surface area contributed by atoms with Crippen LogP contribution in [-0.2, 0) is 6.54 Å². The Morgan fingerprint density at radius 2 is 2.12 bits per heavy atom. The summed E-state index contributed by atoms with van der Waals surface area (Å²) >= 11 is 0. The zero-order chi connectivity index (χ0) is 18.7. The van der Waals surface area contributed by atoms with E-state index in [0.29, 0.717) is 13.0 Å². The van der Waals surface area contributed by atoms with Gasteiger partial charge in [0.25, 0.3) is 0 Å². The quantitative estimate of drug-likeness (QED) is 0.638. The van der Waals surface area contributed by atoms with Gasteiger partial charge in [-0.15, -0.1) is 0 Å². The van der Waals surface area contributed by atoms with Gasteiger partial charge >= 0.3 is 0 Å². The van der Waals surface area contributed by atoms with Gasteiger partial charge in [-0.25, -0.2) is 0 Å². The minimum atomic E-state index is -0.692. The second-order valence-corrected chi connectivity index (χ2v) is 7.22. The maximum absolute atomic E-state index is 9.82. The smallest absolute Gasteiger partial charge is 0.0768 e. The molecule has 3 heterocycles. The summed E-state index contributed by atoms with van der Waals surface area (Å²) in [6.45, 7) is 8.35. The van der Waals surface area contributed by atoms with Crippen LogP contribution in [0.25, 0.3) is 5.70 Å². The van der Waals surface area contributed by atoms with Gasteiger partial charge in [0.2, 0.25) is 0 Å². The zero-order valence-corrected chi connectivity index (χ0v) is 15.7. The largest absolute Gasteiger partial charge is 0.390 e. The van der Waals surface area contributed by atoms with Crippen molar-refractivity contribution in [1.29, 1.82) is 0 Å². The molecule has 2 aromatic rings. The molecule has 3 rings (SSSR count). The van der Waals surface area contributed by atoms with Crippen molar-refractivity contribution in [1.82, 2.24) is 25.6 Å².